The van der Waals surface area contributed by atoms with Crippen molar-refractivity contribution in [1.82, 2.24) is 45.9 Å². The zero-order valence-electron chi connectivity index (χ0n) is 33.9. The Kier molecular flexibility index (Phi) is 10.7. The van der Waals surface area contributed by atoms with Crippen LogP contribution in [0.2, 0.25) is 0 Å². The highest BCUT2D eigenvalue weighted by molar-refractivity contribution is 6.10. The molecule has 2 aromatic carbocycles. The molecule has 5 aliphatic heterocycles. The third kappa shape index (κ3) is 7.21. The molecule has 4 aromatic rings. The zero-order valence-corrected chi connectivity index (χ0v) is 33.9. The number of likely N-dealkylation sites (N-methyl/N-ethyl adjacent to an activating group) is 1. The number of hydrogen-bond acceptors (Lipinski definition) is 13. The van der Waals surface area contributed by atoms with E-state index in [1.54, 1.807) is 54.7 Å². The summed E-state index contributed by atoms with van der Waals surface area (Å²) in [6.45, 7) is 6.49. The van der Waals surface area contributed by atoms with Crippen LogP contribution in [-0.4, -0.2) is 137 Å². The summed E-state index contributed by atoms with van der Waals surface area (Å²) in [6, 6.07) is 12.4. The lowest BCUT2D eigenvalue weighted by molar-refractivity contribution is -0.125. The molecule has 3 fully saturated rings. The van der Waals surface area contributed by atoms with E-state index in [-0.39, 0.29) is 37.2 Å². The molecule has 0 unspecified atom stereocenters. The van der Waals surface area contributed by atoms with Gasteiger partial charge < -0.3 is 49.3 Å². The van der Waals surface area contributed by atoms with Gasteiger partial charge in [-0.3, -0.25) is 34.8 Å². The largest absolute Gasteiger partial charge is 0.497 e. The van der Waals surface area contributed by atoms with Gasteiger partial charge in [0.2, 0.25) is 0 Å². The fraction of sp³-hybridized carbons (Fsp3) is 0.333. The number of aromatic nitrogens is 1. The molecular weight excluding hydrogens is 805 g/mol. The van der Waals surface area contributed by atoms with Gasteiger partial charge in [-0.25, -0.2) is 9.59 Å². The smallest absolute Gasteiger partial charge is 0.323 e. The molecule has 62 heavy (non-hydrogen) atoms. The van der Waals surface area contributed by atoms with Crippen LogP contribution in [-0.2, 0) is 28.2 Å². The average molecular weight is 847 g/mol. The second kappa shape index (κ2) is 16.1. The Hall–Kier alpha value is -7.66. The summed E-state index contributed by atoms with van der Waals surface area (Å²) in [5.74, 6) is 2.13. The molecule has 0 radical (unpaired) electrons. The van der Waals surface area contributed by atoms with Crippen LogP contribution in [0.4, 0.5) is 9.59 Å². The van der Waals surface area contributed by atoms with E-state index in [1.165, 1.54) is 24.0 Å². The number of ether oxygens (including phenoxy) is 2. The molecule has 8 amide bonds. The summed E-state index contributed by atoms with van der Waals surface area (Å²) in [7, 11) is 3.04. The Morgan fingerprint density at radius 2 is 1.44 bits per heavy atom. The van der Waals surface area contributed by atoms with Crippen LogP contribution in [0.25, 0.3) is 11.1 Å². The number of oxime groups is 1. The Morgan fingerprint density at radius 3 is 1.95 bits per heavy atom. The lowest BCUT2D eigenvalue weighted by Gasteiger charge is -2.35. The molecule has 9 rings (SSSR count). The van der Waals surface area contributed by atoms with E-state index in [9.17, 15) is 34.0 Å². The summed E-state index contributed by atoms with van der Waals surface area (Å²) in [5.41, 5.74) is 0.745. The van der Waals surface area contributed by atoms with Gasteiger partial charge >= 0.3 is 12.1 Å². The van der Waals surface area contributed by atoms with Crippen LogP contribution in [0.1, 0.15) is 50.1 Å². The van der Waals surface area contributed by atoms with Crippen molar-refractivity contribution in [3.05, 3.63) is 88.3 Å². The van der Waals surface area contributed by atoms with Gasteiger partial charge in [0.15, 0.2) is 22.5 Å². The molecule has 5 aliphatic rings. The number of fused-ring (bicyclic) bond motifs is 3. The number of nitrogens with one attached hydrogen (secondary N) is 4. The molecule has 2 atom stereocenters. The van der Waals surface area contributed by atoms with Crippen molar-refractivity contribution in [2.75, 3.05) is 60.0 Å². The van der Waals surface area contributed by atoms with Gasteiger partial charge in [0.1, 0.15) is 22.8 Å². The average Bonchev–Trinajstić information content (AvgIpc) is 4.07. The molecule has 0 saturated carbocycles. The van der Waals surface area contributed by atoms with Crippen LogP contribution in [0.5, 0.6) is 11.5 Å². The van der Waals surface area contributed by atoms with Crippen LogP contribution in [0.3, 0.4) is 0 Å². The third-order valence-corrected chi connectivity index (χ3v) is 11.6. The highest BCUT2D eigenvalue weighted by Crippen LogP contribution is 2.35. The maximum Gasteiger partial charge on any atom is 0.323 e. The third-order valence-electron chi connectivity index (χ3n) is 11.6. The van der Waals surface area contributed by atoms with Gasteiger partial charge in [0.25, 0.3) is 23.6 Å². The minimum atomic E-state index is -1.66. The number of urea groups is 2. The first-order chi connectivity index (χ1) is 29.8. The molecular formula is C42H42N10O10. The normalized spacial score (nSPS) is 22.1. The van der Waals surface area contributed by atoms with Gasteiger partial charge in [0, 0.05) is 68.2 Å². The number of pyridine rings is 1. The van der Waals surface area contributed by atoms with Gasteiger partial charge in [-0.05, 0) is 48.0 Å². The Balaban J connectivity index is 0.000000203. The topological polar surface area (TPSA) is 241 Å². The van der Waals surface area contributed by atoms with E-state index in [0.29, 0.717) is 64.8 Å². The number of terminal acetylenes is 1. The lowest BCUT2D eigenvalue weighted by Crippen LogP contribution is -2.54. The number of imide groups is 2. The molecule has 2 aromatic heterocycles. The van der Waals surface area contributed by atoms with E-state index >= 15 is 0 Å². The Bertz CT molecular complexity index is 2610. The molecule has 0 aliphatic carbocycles. The number of rotatable bonds is 9. The Labute approximate surface area is 354 Å². The standard InChI is InChI=1S/C27H29N7O6.C15H13N3O4/c1-3-32-6-8-33(9-7-32)23(31-38)17-10-21-20(28-13-17)12-22(40-21)27(25(36)29-26(37)30-27)15-34-14-16-4-5-18(39-2)11-19(16)24(34)35;1-3-15(13(20)16-14(21)17-15)8-18-7-9-4-5-10(22-2)6-11(9)12(18)19/h4-5,10-13,38H,3,6-9,14-15H2,1-2H3,(H2,29,30,36,37);1,4-6H,7-8H2,2H3,(H2,16,17,20,21)/b31-23+;/t27-;15-/m01/s1. The maximum atomic E-state index is 13.3. The zero-order chi connectivity index (χ0) is 43.9. The summed E-state index contributed by atoms with van der Waals surface area (Å²) in [4.78, 5) is 86.2. The van der Waals surface area contributed by atoms with Crippen molar-refractivity contribution in [1.29, 1.82) is 0 Å². The molecule has 7 heterocycles. The van der Waals surface area contributed by atoms with Crippen molar-refractivity contribution in [3.63, 3.8) is 0 Å². The van der Waals surface area contributed by atoms with E-state index in [1.807, 2.05) is 4.90 Å². The monoisotopic (exact) mass is 846 g/mol. The minimum Gasteiger partial charge on any atom is -0.497 e. The highest BCUT2D eigenvalue weighted by atomic mass is 16.5. The fourth-order valence-corrected chi connectivity index (χ4v) is 8.20. The predicted molar refractivity (Wildman–Crippen MR) is 218 cm³/mol. The van der Waals surface area contributed by atoms with Crippen LogP contribution >= 0.6 is 0 Å². The summed E-state index contributed by atoms with van der Waals surface area (Å²) >= 11 is 0. The van der Waals surface area contributed by atoms with E-state index in [2.05, 4.69) is 49.2 Å². The number of amidine groups is 1. The van der Waals surface area contributed by atoms with E-state index < -0.39 is 35.0 Å². The van der Waals surface area contributed by atoms with E-state index in [0.717, 1.165) is 30.8 Å². The molecule has 0 bridgehead atoms. The van der Waals surface area contributed by atoms with Crippen LogP contribution in [0, 0.1) is 12.3 Å². The number of carbonyl (C=O) groups is 6. The quantitative estimate of drug-likeness (QED) is 0.0398. The van der Waals surface area contributed by atoms with Gasteiger partial charge in [-0.2, -0.15) is 0 Å². The van der Waals surface area contributed by atoms with Gasteiger partial charge in [-0.1, -0.05) is 30.1 Å². The van der Waals surface area contributed by atoms with E-state index in [4.69, 9.17) is 20.3 Å². The second-order valence-corrected chi connectivity index (χ2v) is 15.2. The SMILES string of the molecule is C#C[C@]1(CN2Cc3ccc(OC)cc3C2=O)NC(=O)NC1=O.CCN1CCN(/C(=N/O)c2cnc3cc([C@]4(CN5Cc6ccc(OC)cc6C5=O)NC(=O)NC4=O)oc3c2)CC1. The Morgan fingerprint density at radius 1 is 0.839 bits per heavy atom. The number of hydrogen-bond donors (Lipinski definition) is 5. The number of nitrogens with zero attached hydrogens (tertiary/aromatic N) is 6. The van der Waals surface area contributed by atoms with Gasteiger partial charge in [-0.15, -0.1) is 6.42 Å². The summed E-state index contributed by atoms with van der Waals surface area (Å²) in [6.07, 6.45) is 6.99. The van der Waals surface area contributed by atoms with Gasteiger partial charge in [0.05, 0.1) is 27.3 Å². The molecule has 20 heteroatoms. The second-order valence-electron chi connectivity index (χ2n) is 15.2. The maximum absolute atomic E-state index is 13.3. The lowest BCUT2D eigenvalue weighted by atomic mass is 9.95. The summed E-state index contributed by atoms with van der Waals surface area (Å²) in [5, 5.41) is 22.8. The van der Waals surface area contributed by atoms with Crippen LogP contribution < -0.4 is 30.7 Å². The first kappa shape index (κ1) is 41.1. The molecule has 320 valence electrons. The number of carbonyl (C=O) groups excluding carboxylic acids is 6. The molecule has 5 N–H and O–H groups in total. The minimum absolute atomic E-state index is 0.0864. The molecule has 20 nitrogen and oxygen atoms in total. The van der Waals surface area contributed by atoms with Crippen molar-refractivity contribution in [2.24, 2.45) is 5.16 Å². The predicted octanol–water partition coefficient (Wildman–Crippen LogP) is 1.16. The van der Waals surface area contributed by atoms with Crippen LogP contribution in [0.15, 0.2) is 64.3 Å². The highest BCUT2D eigenvalue weighted by Gasteiger charge is 2.53. The van der Waals surface area contributed by atoms with Crippen molar-refractivity contribution in [3.8, 4) is 23.8 Å². The fourth-order valence-electron chi connectivity index (χ4n) is 8.20. The number of amides is 8. The van der Waals surface area contributed by atoms with Crippen molar-refractivity contribution < 1.29 is 47.9 Å². The van der Waals surface area contributed by atoms with Crippen molar-refractivity contribution >= 4 is 52.6 Å². The number of benzene rings is 2. The number of piperazine rings is 1. The number of methoxy groups -OCH3 is 2. The van der Waals surface area contributed by atoms with Crippen molar-refractivity contribution in [2.45, 2.75) is 31.1 Å². The number of furan rings is 1. The first-order valence-electron chi connectivity index (χ1n) is 19.6. The molecule has 3 saturated heterocycles. The summed E-state index contributed by atoms with van der Waals surface area (Å²) < 4.78 is 16.5. The molecule has 0 spiro atoms. The first-order valence-corrected chi connectivity index (χ1v) is 19.6.